The smallest absolute Gasteiger partial charge is 0.237 e. The number of nitrogens with zero attached hydrogens (tertiary/aromatic N) is 3. The summed E-state index contributed by atoms with van der Waals surface area (Å²) < 4.78 is 27.4. The lowest BCUT2D eigenvalue weighted by Gasteiger charge is -2.08. The summed E-state index contributed by atoms with van der Waals surface area (Å²) in [5.41, 5.74) is 1.65. The Morgan fingerprint density at radius 2 is 1.91 bits per heavy atom. The van der Waals surface area contributed by atoms with Gasteiger partial charge in [-0.2, -0.15) is 5.26 Å². The fourth-order valence-corrected chi connectivity index (χ4v) is 4.85. The fraction of sp³-hybridized carbons (Fsp3) is 0.0667. The number of pyridine rings is 1. The van der Waals surface area contributed by atoms with Crippen molar-refractivity contribution in [2.75, 3.05) is 0 Å². The molecule has 2 heterocycles. The van der Waals surface area contributed by atoms with E-state index in [-0.39, 0.29) is 10.5 Å². The maximum Gasteiger partial charge on any atom is 0.270 e. The highest BCUT2D eigenvalue weighted by molar-refractivity contribution is 14.1. The van der Waals surface area contributed by atoms with Gasteiger partial charge in [0.15, 0.2) is 5.65 Å². The number of halogens is 1. The number of hydrogen-bond donors (Lipinski definition) is 0. The average molecular weight is 423 g/mol. The van der Waals surface area contributed by atoms with Gasteiger partial charge in [0.2, 0.25) is 0 Å². The zero-order valence-electron chi connectivity index (χ0n) is 11.5. The monoisotopic (exact) mass is 423 g/mol. The van der Waals surface area contributed by atoms with Gasteiger partial charge in [-0.05, 0) is 53.8 Å². The predicted molar refractivity (Wildman–Crippen MR) is 90.9 cm³/mol. The first kappa shape index (κ1) is 15.0. The molecule has 0 aliphatic rings. The Bertz CT molecular complexity index is 1020. The maximum atomic E-state index is 12.9. The van der Waals surface area contributed by atoms with Crippen LogP contribution in [-0.2, 0) is 10.0 Å². The predicted octanol–water partition coefficient (Wildman–Crippen LogP) is 3.06. The number of rotatable bonds is 2. The summed E-state index contributed by atoms with van der Waals surface area (Å²) in [6, 6.07) is 11.9. The second-order valence-electron chi connectivity index (χ2n) is 4.76. The van der Waals surface area contributed by atoms with Gasteiger partial charge in [-0.3, -0.25) is 0 Å². The molecule has 0 unspecified atom stereocenters. The molecule has 110 valence electrons. The van der Waals surface area contributed by atoms with Crippen LogP contribution in [0.4, 0.5) is 0 Å². The molecule has 0 amide bonds. The van der Waals surface area contributed by atoms with E-state index in [2.05, 4.69) is 11.1 Å². The first-order chi connectivity index (χ1) is 10.4. The van der Waals surface area contributed by atoms with E-state index in [1.807, 2.05) is 29.5 Å². The van der Waals surface area contributed by atoms with Crippen LogP contribution in [0.15, 0.2) is 47.5 Å². The molecule has 0 saturated heterocycles. The van der Waals surface area contributed by atoms with Crippen molar-refractivity contribution in [1.29, 1.82) is 5.26 Å². The lowest BCUT2D eigenvalue weighted by atomic mass is 10.2. The molecule has 5 nitrogen and oxygen atoms in total. The highest BCUT2D eigenvalue weighted by Crippen LogP contribution is 2.27. The zero-order chi connectivity index (χ0) is 15.9. The normalized spacial score (nSPS) is 11.5. The van der Waals surface area contributed by atoms with E-state index in [4.69, 9.17) is 5.26 Å². The molecule has 0 bridgehead atoms. The van der Waals surface area contributed by atoms with Crippen LogP contribution in [0.3, 0.4) is 0 Å². The molecular weight excluding hydrogens is 413 g/mol. The van der Waals surface area contributed by atoms with Crippen LogP contribution in [0, 0.1) is 22.0 Å². The Morgan fingerprint density at radius 3 is 2.55 bits per heavy atom. The van der Waals surface area contributed by atoms with Crippen LogP contribution in [0.1, 0.15) is 11.1 Å². The van der Waals surface area contributed by atoms with Gasteiger partial charge in [-0.15, -0.1) is 0 Å². The summed E-state index contributed by atoms with van der Waals surface area (Å²) >= 11 is 1.94. The maximum absolute atomic E-state index is 12.9. The summed E-state index contributed by atoms with van der Waals surface area (Å²) in [6.07, 6.45) is 1.44. The number of benzene rings is 1. The summed E-state index contributed by atoms with van der Waals surface area (Å²) in [7, 11) is -3.76. The molecule has 0 spiro atoms. The van der Waals surface area contributed by atoms with Crippen LogP contribution >= 0.6 is 22.6 Å². The first-order valence-electron chi connectivity index (χ1n) is 6.33. The van der Waals surface area contributed by atoms with Crippen LogP contribution in [-0.4, -0.2) is 17.4 Å². The summed E-state index contributed by atoms with van der Waals surface area (Å²) in [5.74, 6) is 0. The van der Waals surface area contributed by atoms with Crippen molar-refractivity contribution in [2.24, 2.45) is 0 Å². The minimum absolute atomic E-state index is 0.192. The largest absolute Gasteiger partial charge is 0.270 e. The second-order valence-corrected chi connectivity index (χ2v) is 7.65. The molecule has 22 heavy (non-hydrogen) atoms. The molecule has 0 radical (unpaired) electrons. The lowest BCUT2D eigenvalue weighted by molar-refractivity contribution is 0.588. The summed E-state index contributed by atoms with van der Waals surface area (Å²) in [5, 5.41) is 9.68. The molecular formula is C15H10IN3O2S. The minimum Gasteiger partial charge on any atom is -0.237 e. The van der Waals surface area contributed by atoms with Gasteiger partial charge in [-0.25, -0.2) is 17.4 Å². The lowest BCUT2D eigenvalue weighted by Crippen LogP contribution is -2.15. The number of fused-ring (bicyclic) bond motifs is 1. The third-order valence-electron chi connectivity index (χ3n) is 3.30. The quantitative estimate of drug-likeness (QED) is 0.594. The molecule has 0 atom stereocenters. The van der Waals surface area contributed by atoms with Crippen molar-refractivity contribution in [3.05, 3.63) is 57.4 Å². The van der Waals surface area contributed by atoms with Crippen LogP contribution < -0.4 is 0 Å². The van der Waals surface area contributed by atoms with Gasteiger partial charge in [0.1, 0.15) is 0 Å². The van der Waals surface area contributed by atoms with Crippen LogP contribution in [0.2, 0.25) is 0 Å². The molecule has 0 aliphatic carbocycles. The Kier molecular flexibility index (Phi) is 3.66. The summed E-state index contributed by atoms with van der Waals surface area (Å²) in [4.78, 5) is 4.34. The van der Waals surface area contributed by atoms with Crippen molar-refractivity contribution in [1.82, 2.24) is 8.96 Å². The van der Waals surface area contributed by atoms with Crippen molar-refractivity contribution < 1.29 is 8.42 Å². The van der Waals surface area contributed by atoms with Crippen molar-refractivity contribution in [3.8, 4) is 6.07 Å². The molecule has 0 N–H and O–H groups in total. The SMILES string of the molecule is Cc1ccc(S(=O)(=O)n2c(I)cc3c(C#N)ccnc32)cc1. The van der Waals surface area contributed by atoms with Crippen LogP contribution in [0.25, 0.3) is 11.0 Å². The Labute approximate surface area is 141 Å². The van der Waals surface area contributed by atoms with E-state index < -0.39 is 10.0 Å². The van der Waals surface area contributed by atoms with Gasteiger partial charge >= 0.3 is 0 Å². The van der Waals surface area contributed by atoms with E-state index in [1.54, 1.807) is 36.4 Å². The third-order valence-corrected chi connectivity index (χ3v) is 6.14. The standard InChI is InChI=1S/C15H10IN3O2S/c1-10-2-4-12(5-3-10)22(20,21)19-14(16)8-13-11(9-17)6-7-18-15(13)19/h2-8H,1H3. The van der Waals surface area contributed by atoms with Gasteiger partial charge in [0, 0.05) is 11.6 Å². The topological polar surface area (TPSA) is 75.8 Å². The Hall–Kier alpha value is -1.92. The van der Waals surface area contributed by atoms with E-state index in [1.165, 1.54) is 10.2 Å². The van der Waals surface area contributed by atoms with Gasteiger partial charge < -0.3 is 0 Å². The molecule has 0 aliphatic heterocycles. The minimum atomic E-state index is -3.76. The Balaban J connectivity index is 2.33. The van der Waals surface area contributed by atoms with Gasteiger partial charge in [0.25, 0.3) is 10.0 Å². The molecule has 3 aromatic rings. The highest BCUT2D eigenvalue weighted by atomic mass is 127. The molecule has 3 rings (SSSR count). The van der Waals surface area contributed by atoms with Crippen molar-refractivity contribution >= 4 is 43.6 Å². The molecule has 0 fully saturated rings. The summed E-state index contributed by atoms with van der Waals surface area (Å²) in [6.45, 7) is 1.89. The zero-order valence-corrected chi connectivity index (χ0v) is 14.5. The molecule has 1 aromatic carbocycles. The highest BCUT2D eigenvalue weighted by Gasteiger charge is 2.23. The third kappa shape index (κ3) is 2.28. The number of nitriles is 1. The number of aryl methyl sites for hydroxylation is 1. The fourth-order valence-electron chi connectivity index (χ4n) is 2.19. The molecule has 0 saturated carbocycles. The Morgan fingerprint density at radius 1 is 1.23 bits per heavy atom. The van der Waals surface area contributed by atoms with Gasteiger partial charge in [0.05, 0.1) is 20.2 Å². The van der Waals surface area contributed by atoms with Gasteiger partial charge in [-0.1, -0.05) is 17.7 Å². The van der Waals surface area contributed by atoms with Crippen molar-refractivity contribution in [2.45, 2.75) is 11.8 Å². The average Bonchev–Trinajstić information content (AvgIpc) is 2.84. The molecule has 2 aromatic heterocycles. The second kappa shape index (κ2) is 5.37. The molecule has 7 heteroatoms. The van der Waals surface area contributed by atoms with Crippen molar-refractivity contribution in [3.63, 3.8) is 0 Å². The van der Waals surface area contributed by atoms with E-state index in [0.29, 0.717) is 14.7 Å². The van der Waals surface area contributed by atoms with E-state index in [0.717, 1.165) is 5.56 Å². The van der Waals surface area contributed by atoms with E-state index in [9.17, 15) is 8.42 Å². The number of aromatic nitrogens is 2. The number of hydrogen-bond acceptors (Lipinski definition) is 4. The van der Waals surface area contributed by atoms with Crippen LogP contribution in [0.5, 0.6) is 0 Å². The first-order valence-corrected chi connectivity index (χ1v) is 8.85. The van der Waals surface area contributed by atoms with E-state index >= 15 is 0 Å².